The Morgan fingerprint density at radius 3 is 2.12 bits per heavy atom. The molecule has 0 aliphatic rings. The van der Waals surface area contributed by atoms with Crippen molar-refractivity contribution in [2.45, 2.75) is 32.7 Å². The van der Waals surface area contributed by atoms with Crippen LogP contribution in [0.15, 0.2) is 0 Å². The van der Waals surface area contributed by atoms with Gasteiger partial charge >= 0.3 is 0 Å². The molecule has 0 aromatic rings. The van der Waals surface area contributed by atoms with Crippen LogP contribution in [0.5, 0.6) is 0 Å². The molecule has 0 radical (unpaired) electrons. The lowest BCUT2D eigenvalue weighted by atomic mass is 10.2. The van der Waals surface area contributed by atoms with Crippen LogP contribution in [0, 0.1) is 0 Å². The Bertz CT molecular complexity index is 148. The second-order valence-electron chi connectivity index (χ2n) is 4.47. The summed E-state index contributed by atoms with van der Waals surface area (Å²) in [6.07, 6.45) is 2.37. The highest BCUT2D eigenvalue weighted by Crippen LogP contribution is 1.97. The van der Waals surface area contributed by atoms with Gasteiger partial charge in [-0.05, 0) is 32.9 Å². The quantitative estimate of drug-likeness (QED) is 0.564. The monoisotopic (exact) mass is 246 g/mol. The molecule has 0 fully saturated rings. The molecule has 104 valence electrons. The van der Waals surface area contributed by atoms with Gasteiger partial charge in [0.25, 0.3) is 0 Å². The summed E-state index contributed by atoms with van der Waals surface area (Å²) >= 11 is 0. The topological polar surface area (TPSA) is 33.7 Å². The Morgan fingerprint density at radius 2 is 1.65 bits per heavy atom. The van der Waals surface area contributed by atoms with Gasteiger partial charge in [-0.2, -0.15) is 0 Å². The first-order valence-electron chi connectivity index (χ1n) is 6.68. The number of methoxy groups -OCH3 is 2. The van der Waals surface area contributed by atoms with Gasteiger partial charge in [-0.3, -0.25) is 4.90 Å². The summed E-state index contributed by atoms with van der Waals surface area (Å²) in [6, 6.07) is 0.586. The zero-order valence-electron chi connectivity index (χ0n) is 12.0. The Morgan fingerprint density at radius 1 is 1.06 bits per heavy atom. The van der Waals surface area contributed by atoms with Gasteiger partial charge in [0.1, 0.15) is 0 Å². The van der Waals surface area contributed by atoms with E-state index in [0.717, 1.165) is 39.4 Å². The van der Waals surface area contributed by atoms with Crippen molar-refractivity contribution in [1.82, 2.24) is 10.2 Å². The Labute approximate surface area is 107 Å². The number of hydrogen-bond acceptors (Lipinski definition) is 4. The third-order valence-corrected chi connectivity index (χ3v) is 2.84. The lowest BCUT2D eigenvalue weighted by molar-refractivity contribution is 0.112. The van der Waals surface area contributed by atoms with Crippen molar-refractivity contribution < 1.29 is 9.47 Å². The van der Waals surface area contributed by atoms with Crippen LogP contribution >= 0.6 is 0 Å². The summed E-state index contributed by atoms with van der Waals surface area (Å²) in [5, 5.41) is 3.51. The normalized spacial score (nSPS) is 13.2. The number of ether oxygens (including phenoxy) is 2. The summed E-state index contributed by atoms with van der Waals surface area (Å²) in [5.41, 5.74) is 0. The molecule has 0 aromatic heterocycles. The number of nitrogens with zero attached hydrogens (tertiary/aromatic N) is 1. The second-order valence-corrected chi connectivity index (χ2v) is 4.47. The van der Waals surface area contributed by atoms with E-state index >= 15 is 0 Å². The zero-order valence-corrected chi connectivity index (χ0v) is 12.0. The molecule has 0 aliphatic carbocycles. The van der Waals surface area contributed by atoms with E-state index in [-0.39, 0.29) is 0 Å². The third-order valence-electron chi connectivity index (χ3n) is 2.84. The summed E-state index contributed by atoms with van der Waals surface area (Å²) in [6.45, 7) is 10.2. The van der Waals surface area contributed by atoms with Crippen LogP contribution in [-0.4, -0.2) is 64.6 Å². The van der Waals surface area contributed by atoms with Gasteiger partial charge < -0.3 is 14.8 Å². The van der Waals surface area contributed by atoms with E-state index in [1.54, 1.807) is 14.2 Å². The van der Waals surface area contributed by atoms with Crippen LogP contribution in [0.4, 0.5) is 0 Å². The molecule has 0 bridgehead atoms. The second kappa shape index (κ2) is 12.3. The molecule has 1 N–H and O–H groups in total. The summed E-state index contributed by atoms with van der Waals surface area (Å²) < 4.78 is 10.3. The minimum Gasteiger partial charge on any atom is -0.383 e. The first kappa shape index (κ1) is 16.8. The number of rotatable bonds is 12. The van der Waals surface area contributed by atoms with Crippen molar-refractivity contribution in [3.63, 3.8) is 0 Å². The minimum absolute atomic E-state index is 0.586. The summed E-state index contributed by atoms with van der Waals surface area (Å²) in [5.74, 6) is 0. The fourth-order valence-electron chi connectivity index (χ4n) is 1.65. The average Bonchev–Trinajstić information content (AvgIpc) is 2.35. The van der Waals surface area contributed by atoms with Crippen LogP contribution in [0.2, 0.25) is 0 Å². The van der Waals surface area contributed by atoms with Crippen molar-refractivity contribution in [3.05, 3.63) is 0 Å². The van der Waals surface area contributed by atoms with Crippen LogP contribution in [-0.2, 0) is 9.47 Å². The summed E-state index contributed by atoms with van der Waals surface area (Å²) in [4.78, 5) is 2.40. The number of nitrogens with one attached hydrogen (secondary N) is 1. The van der Waals surface area contributed by atoms with Crippen molar-refractivity contribution >= 4 is 0 Å². The first-order valence-corrected chi connectivity index (χ1v) is 6.68. The molecule has 0 spiro atoms. The van der Waals surface area contributed by atoms with E-state index in [2.05, 4.69) is 24.1 Å². The Hall–Kier alpha value is -0.160. The van der Waals surface area contributed by atoms with Gasteiger partial charge in [-0.25, -0.2) is 0 Å². The predicted octanol–water partition coefficient (Wildman–Crippen LogP) is 1.36. The van der Waals surface area contributed by atoms with Gasteiger partial charge in [0.05, 0.1) is 13.2 Å². The Balaban J connectivity index is 3.71. The van der Waals surface area contributed by atoms with E-state index in [0.29, 0.717) is 6.04 Å². The highest BCUT2D eigenvalue weighted by atomic mass is 16.5. The summed E-state index contributed by atoms with van der Waals surface area (Å²) in [7, 11) is 3.50. The molecule has 17 heavy (non-hydrogen) atoms. The molecule has 0 heterocycles. The van der Waals surface area contributed by atoms with Gasteiger partial charge in [0, 0.05) is 33.4 Å². The van der Waals surface area contributed by atoms with E-state index in [1.807, 2.05) is 0 Å². The fourth-order valence-corrected chi connectivity index (χ4v) is 1.65. The van der Waals surface area contributed by atoms with Gasteiger partial charge in [-0.1, -0.05) is 6.92 Å². The fraction of sp³-hybridized carbons (Fsp3) is 1.00. The maximum Gasteiger partial charge on any atom is 0.0589 e. The average molecular weight is 246 g/mol. The van der Waals surface area contributed by atoms with Crippen LogP contribution in [0.3, 0.4) is 0 Å². The van der Waals surface area contributed by atoms with Crippen molar-refractivity contribution in [2.75, 3.05) is 53.6 Å². The molecule has 0 saturated carbocycles. The largest absolute Gasteiger partial charge is 0.383 e. The maximum absolute atomic E-state index is 5.13. The van der Waals surface area contributed by atoms with E-state index in [9.17, 15) is 0 Å². The standard InChI is InChI=1S/C13H30N2O2/c1-5-7-14-13(2)6-8-15(9-11-16-3)10-12-17-4/h13-14H,5-12H2,1-4H3. The van der Waals surface area contributed by atoms with Gasteiger partial charge in [0.2, 0.25) is 0 Å². The SMILES string of the molecule is CCCNC(C)CCN(CCOC)CCOC. The Kier molecular flexibility index (Phi) is 12.2. The van der Waals surface area contributed by atoms with Crippen LogP contribution in [0.1, 0.15) is 26.7 Å². The highest BCUT2D eigenvalue weighted by Gasteiger charge is 2.07. The molecule has 0 aliphatic heterocycles. The molecule has 0 amide bonds. The highest BCUT2D eigenvalue weighted by molar-refractivity contribution is 4.65. The van der Waals surface area contributed by atoms with Crippen LogP contribution in [0.25, 0.3) is 0 Å². The van der Waals surface area contributed by atoms with E-state index in [1.165, 1.54) is 12.8 Å². The minimum atomic E-state index is 0.586. The smallest absolute Gasteiger partial charge is 0.0589 e. The first-order chi connectivity index (χ1) is 8.24. The molecular formula is C13H30N2O2. The molecule has 4 nitrogen and oxygen atoms in total. The van der Waals surface area contributed by atoms with Gasteiger partial charge in [-0.15, -0.1) is 0 Å². The molecule has 1 atom stereocenters. The van der Waals surface area contributed by atoms with Crippen LogP contribution < -0.4 is 5.32 Å². The van der Waals surface area contributed by atoms with E-state index in [4.69, 9.17) is 9.47 Å². The molecule has 4 heteroatoms. The van der Waals surface area contributed by atoms with Gasteiger partial charge in [0.15, 0.2) is 0 Å². The zero-order chi connectivity index (χ0) is 12.9. The van der Waals surface area contributed by atoms with Crippen molar-refractivity contribution in [2.24, 2.45) is 0 Å². The predicted molar refractivity (Wildman–Crippen MR) is 72.6 cm³/mol. The molecule has 0 aromatic carbocycles. The molecular weight excluding hydrogens is 216 g/mol. The lowest BCUT2D eigenvalue weighted by Gasteiger charge is -2.23. The molecule has 1 unspecified atom stereocenters. The lowest BCUT2D eigenvalue weighted by Crippen LogP contribution is -2.36. The van der Waals surface area contributed by atoms with Crippen molar-refractivity contribution in [1.29, 1.82) is 0 Å². The van der Waals surface area contributed by atoms with E-state index < -0.39 is 0 Å². The third kappa shape index (κ3) is 10.7. The maximum atomic E-state index is 5.13. The number of hydrogen-bond donors (Lipinski definition) is 1. The molecule has 0 saturated heterocycles. The molecule has 0 rings (SSSR count). The van der Waals surface area contributed by atoms with Crippen molar-refractivity contribution in [3.8, 4) is 0 Å².